The van der Waals surface area contributed by atoms with Gasteiger partial charge >= 0.3 is 0 Å². The second-order valence-electron chi connectivity index (χ2n) is 9.34. The van der Waals surface area contributed by atoms with Gasteiger partial charge in [-0.2, -0.15) is 0 Å². The number of benzene rings is 2. The van der Waals surface area contributed by atoms with Gasteiger partial charge in [0.25, 0.3) is 5.91 Å². The van der Waals surface area contributed by atoms with Crippen molar-refractivity contribution in [1.82, 2.24) is 10.3 Å². The molecule has 0 aliphatic heterocycles. The number of hydrogen-bond acceptors (Lipinski definition) is 4. The second-order valence-corrected chi connectivity index (χ2v) is 9.34. The molecule has 0 spiro atoms. The second kappa shape index (κ2) is 10.4. The number of nitrogens with one attached hydrogen (secondary N) is 1. The topological polar surface area (TPSA) is 75.4 Å². The molecule has 1 N–H and O–H groups in total. The Morgan fingerprint density at radius 3 is 2.29 bits per heavy atom. The Morgan fingerprint density at radius 2 is 1.69 bits per heavy atom. The van der Waals surface area contributed by atoms with E-state index in [4.69, 9.17) is 4.42 Å². The minimum absolute atomic E-state index is 0.0514. The maximum atomic E-state index is 13.7. The number of furan rings is 1. The molecule has 1 unspecified atom stereocenters. The molecule has 2 aromatic heterocycles. The molecular formula is C29H29N3O3. The number of anilines is 1. The van der Waals surface area contributed by atoms with Crippen molar-refractivity contribution in [2.24, 2.45) is 0 Å². The molecule has 4 aromatic rings. The van der Waals surface area contributed by atoms with Crippen LogP contribution in [0.1, 0.15) is 54.1 Å². The van der Waals surface area contributed by atoms with Crippen molar-refractivity contribution in [2.75, 3.05) is 4.90 Å². The van der Waals surface area contributed by atoms with Crippen molar-refractivity contribution >= 4 is 17.5 Å². The van der Waals surface area contributed by atoms with Crippen molar-refractivity contribution in [3.05, 3.63) is 120 Å². The predicted octanol–water partition coefficient (Wildman–Crippen LogP) is 5.68. The summed E-state index contributed by atoms with van der Waals surface area (Å²) in [5.41, 5.74) is 3.22. The van der Waals surface area contributed by atoms with Gasteiger partial charge in [-0.1, -0.05) is 69.3 Å². The average Bonchev–Trinajstić information content (AvgIpc) is 3.41. The molecule has 1 atom stereocenters. The maximum Gasteiger partial charge on any atom is 0.294 e. The van der Waals surface area contributed by atoms with Crippen molar-refractivity contribution in [1.29, 1.82) is 0 Å². The lowest BCUT2D eigenvalue weighted by atomic mass is 9.87. The fourth-order valence-electron chi connectivity index (χ4n) is 3.86. The number of rotatable bonds is 7. The molecule has 178 valence electrons. The van der Waals surface area contributed by atoms with Crippen molar-refractivity contribution in [3.8, 4) is 0 Å². The van der Waals surface area contributed by atoms with E-state index in [1.807, 2.05) is 54.6 Å². The number of amides is 2. The van der Waals surface area contributed by atoms with E-state index >= 15 is 0 Å². The SMILES string of the molecule is CC(C)(C)c1ccc(N(C(=O)c2ccco2)C(C(=O)NCc2ccccc2)c2cccnc2)cc1. The summed E-state index contributed by atoms with van der Waals surface area (Å²) in [6.45, 7) is 6.72. The first-order valence-electron chi connectivity index (χ1n) is 11.5. The first kappa shape index (κ1) is 24.0. The van der Waals surface area contributed by atoms with Crippen molar-refractivity contribution < 1.29 is 14.0 Å². The number of nitrogens with zero attached hydrogens (tertiary/aromatic N) is 2. The third kappa shape index (κ3) is 5.66. The third-order valence-electron chi connectivity index (χ3n) is 5.78. The van der Waals surface area contributed by atoms with Gasteiger partial charge in [0, 0.05) is 30.2 Å². The normalized spacial score (nSPS) is 12.1. The summed E-state index contributed by atoms with van der Waals surface area (Å²) in [6.07, 6.45) is 4.70. The van der Waals surface area contributed by atoms with E-state index in [2.05, 4.69) is 31.1 Å². The molecule has 0 fully saturated rings. The number of carbonyl (C=O) groups is 2. The Morgan fingerprint density at radius 1 is 0.943 bits per heavy atom. The Balaban J connectivity index is 1.76. The highest BCUT2D eigenvalue weighted by atomic mass is 16.3. The molecule has 0 saturated carbocycles. The third-order valence-corrected chi connectivity index (χ3v) is 5.78. The van der Waals surface area contributed by atoms with Crippen molar-refractivity contribution in [3.63, 3.8) is 0 Å². The summed E-state index contributed by atoms with van der Waals surface area (Å²) in [7, 11) is 0. The van der Waals surface area contributed by atoms with Gasteiger partial charge in [-0.05, 0) is 46.9 Å². The van der Waals surface area contributed by atoms with Crippen LogP contribution in [0.25, 0.3) is 0 Å². The zero-order valence-corrected chi connectivity index (χ0v) is 20.1. The van der Waals surface area contributed by atoms with Crippen LogP contribution in [0.15, 0.2) is 102 Å². The highest BCUT2D eigenvalue weighted by Crippen LogP contribution is 2.32. The fraction of sp³-hybridized carbons (Fsp3) is 0.207. The minimum atomic E-state index is -0.953. The van der Waals surface area contributed by atoms with E-state index in [0.717, 1.165) is 11.1 Å². The van der Waals surface area contributed by atoms with Crippen molar-refractivity contribution in [2.45, 2.75) is 38.8 Å². The molecule has 0 bridgehead atoms. The van der Waals surface area contributed by atoms with Crippen LogP contribution >= 0.6 is 0 Å². The van der Waals surface area contributed by atoms with Crippen LogP contribution in [0.3, 0.4) is 0 Å². The minimum Gasteiger partial charge on any atom is -0.459 e. The van der Waals surface area contributed by atoms with Crippen LogP contribution in [0.5, 0.6) is 0 Å². The largest absolute Gasteiger partial charge is 0.459 e. The zero-order chi connectivity index (χ0) is 24.8. The van der Waals surface area contributed by atoms with E-state index in [0.29, 0.717) is 17.8 Å². The van der Waals surface area contributed by atoms with Gasteiger partial charge in [0.15, 0.2) is 5.76 Å². The van der Waals surface area contributed by atoms with Gasteiger partial charge < -0.3 is 9.73 Å². The first-order valence-corrected chi connectivity index (χ1v) is 11.5. The van der Waals surface area contributed by atoms with Crippen LogP contribution in [-0.2, 0) is 16.8 Å². The lowest BCUT2D eigenvalue weighted by Gasteiger charge is -2.31. The lowest BCUT2D eigenvalue weighted by molar-refractivity contribution is -0.122. The lowest BCUT2D eigenvalue weighted by Crippen LogP contribution is -2.44. The summed E-state index contributed by atoms with van der Waals surface area (Å²) in [5.74, 6) is -0.585. The molecule has 0 aliphatic rings. The van der Waals surface area contributed by atoms with E-state index < -0.39 is 11.9 Å². The number of carbonyl (C=O) groups excluding carboxylic acids is 2. The molecule has 6 heteroatoms. The molecule has 0 radical (unpaired) electrons. The molecule has 4 rings (SSSR count). The summed E-state index contributed by atoms with van der Waals surface area (Å²) in [4.78, 5) is 33.1. The number of pyridine rings is 1. The Kier molecular flexibility index (Phi) is 7.11. The monoisotopic (exact) mass is 467 g/mol. The van der Waals surface area contributed by atoms with E-state index in [-0.39, 0.29) is 17.1 Å². The van der Waals surface area contributed by atoms with Crippen LogP contribution in [0.4, 0.5) is 5.69 Å². The molecule has 2 amide bonds. The number of hydrogen-bond donors (Lipinski definition) is 1. The Hall–Kier alpha value is -4.19. The Bertz CT molecular complexity index is 1250. The van der Waals surface area contributed by atoms with E-state index in [1.165, 1.54) is 11.2 Å². The van der Waals surface area contributed by atoms with Gasteiger partial charge in [0.1, 0.15) is 6.04 Å². The van der Waals surface area contributed by atoms with Gasteiger partial charge in [0.05, 0.1) is 6.26 Å². The standard InChI is InChI=1S/C29H29N3O3/c1-29(2,3)23-13-15-24(16-14-23)32(28(34)25-12-8-18-35-25)26(22-11-7-17-30-20-22)27(33)31-19-21-9-5-4-6-10-21/h4-18,20,26H,19H2,1-3H3,(H,31,33). The van der Waals surface area contributed by atoms with E-state index in [1.54, 1.807) is 36.7 Å². The molecule has 2 heterocycles. The first-order chi connectivity index (χ1) is 16.8. The summed E-state index contributed by atoms with van der Waals surface area (Å²) >= 11 is 0. The maximum absolute atomic E-state index is 13.7. The number of aromatic nitrogens is 1. The molecule has 0 saturated heterocycles. The summed E-state index contributed by atoms with van der Waals surface area (Å²) in [5, 5.41) is 2.99. The van der Waals surface area contributed by atoms with Gasteiger partial charge in [-0.15, -0.1) is 0 Å². The average molecular weight is 468 g/mol. The highest BCUT2D eigenvalue weighted by Gasteiger charge is 2.34. The molecule has 35 heavy (non-hydrogen) atoms. The zero-order valence-electron chi connectivity index (χ0n) is 20.1. The molecule has 2 aromatic carbocycles. The fourth-order valence-corrected chi connectivity index (χ4v) is 3.86. The van der Waals surface area contributed by atoms with Crippen LogP contribution < -0.4 is 10.2 Å². The molecule has 0 aliphatic carbocycles. The van der Waals surface area contributed by atoms with Crippen LogP contribution in [0.2, 0.25) is 0 Å². The van der Waals surface area contributed by atoms with Crippen LogP contribution in [0, 0.1) is 0 Å². The summed E-state index contributed by atoms with van der Waals surface area (Å²) < 4.78 is 5.43. The molecular weight excluding hydrogens is 438 g/mol. The van der Waals surface area contributed by atoms with E-state index in [9.17, 15) is 9.59 Å². The quantitative estimate of drug-likeness (QED) is 0.380. The van der Waals surface area contributed by atoms with Crippen LogP contribution in [-0.4, -0.2) is 16.8 Å². The Labute approximate surface area is 205 Å². The highest BCUT2D eigenvalue weighted by molar-refractivity contribution is 6.08. The van der Waals surface area contributed by atoms with Gasteiger partial charge in [-0.3, -0.25) is 19.5 Å². The molecule has 6 nitrogen and oxygen atoms in total. The van der Waals surface area contributed by atoms with Gasteiger partial charge in [-0.25, -0.2) is 0 Å². The smallest absolute Gasteiger partial charge is 0.294 e. The summed E-state index contributed by atoms with van der Waals surface area (Å²) in [6, 6.07) is 23.2. The van der Waals surface area contributed by atoms with Gasteiger partial charge in [0.2, 0.25) is 5.91 Å². The predicted molar refractivity (Wildman–Crippen MR) is 136 cm³/mol.